The summed E-state index contributed by atoms with van der Waals surface area (Å²) in [5.41, 5.74) is 1.19. The molecule has 0 aliphatic heterocycles. The molecule has 2 atom stereocenters. The van der Waals surface area contributed by atoms with Gasteiger partial charge < -0.3 is 15.2 Å². The van der Waals surface area contributed by atoms with Crippen LogP contribution in [0.3, 0.4) is 0 Å². The summed E-state index contributed by atoms with van der Waals surface area (Å²) in [7, 11) is 0. The van der Waals surface area contributed by atoms with E-state index in [2.05, 4.69) is 5.32 Å². The van der Waals surface area contributed by atoms with Gasteiger partial charge in [-0.25, -0.2) is 4.79 Å². The third kappa shape index (κ3) is 4.31. The summed E-state index contributed by atoms with van der Waals surface area (Å²) in [5.74, 6) is -3.37. The molecule has 1 aliphatic carbocycles. The molecule has 2 aromatic rings. The van der Waals surface area contributed by atoms with Crippen LogP contribution in [0.4, 0.5) is 5.00 Å². The van der Waals surface area contributed by atoms with E-state index in [0.29, 0.717) is 17.8 Å². The number of aliphatic carboxylic acids is 1. The Morgan fingerprint density at radius 1 is 1.14 bits per heavy atom. The van der Waals surface area contributed by atoms with Gasteiger partial charge in [0, 0.05) is 4.88 Å². The maximum atomic E-state index is 12.8. The Labute approximate surface area is 166 Å². The average Bonchev–Trinajstić information content (AvgIpc) is 3.12. The quantitative estimate of drug-likeness (QED) is 0.561. The number of carboxylic acids is 1. The summed E-state index contributed by atoms with van der Waals surface area (Å²) in [6.07, 6.45) is 4.28. The van der Waals surface area contributed by atoms with E-state index in [1.165, 1.54) is 11.3 Å². The molecule has 1 aromatic heterocycles. The second-order valence-electron chi connectivity index (χ2n) is 6.42. The molecule has 28 heavy (non-hydrogen) atoms. The summed E-state index contributed by atoms with van der Waals surface area (Å²) in [5, 5.41) is 12.6. The Balaban J connectivity index is 1.90. The highest BCUT2D eigenvalue weighted by Crippen LogP contribution is 2.37. The highest BCUT2D eigenvalue weighted by molar-refractivity contribution is 7.20. The van der Waals surface area contributed by atoms with Gasteiger partial charge in [0.25, 0.3) is 0 Å². The molecule has 3 rings (SSSR count). The minimum Gasteiger partial charge on any atom is -0.481 e. The molecule has 0 unspecified atom stereocenters. The second kappa shape index (κ2) is 8.84. The number of amides is 1. The smallest absolute Gasteiger partial charge is 0.341 e. The molecule has 2 N–H and O–H groups in total. The number of hydrogen-bond donors (Lipinski definition) is 2. The highest BCUT2D eigenvalue weighted by atomic mass is 32.1. The van der Waals surface area contributed by atoms with Crippen molar-refractivity contribution in [3.05, 3.63) is 54.1 Å². The first-order chi connectivity index (χ1) is 13.5. The molecule has 0 saturated carbocycles. The number of thiophene rings is 1. The van der Waals surface area contributed by atoms with Crippen LogP contribution in [0.15, 0.2) is 48.6 Å². The van der Waals surface area contributed by atoms with Crippen LogP contribution in [0.25, 0.3) is 10.4 Å². The second-order valence-corrected chi connectivity index (χ2v) is 7.48. The van der Waals surface area contributed by atoms with Crippen LogP contribution >= 0.6 is 11.3 Å². The fourth-order valence-corrected chi connectivity index (χ4v) is 4.22. The Hall–Kier alpha value is -2.93. The van der Waals surface area contributed by atoms with Crippen molar-refractivity contribution in [2.75, 3.05) is 11.9 Å². The lowest BCUT2D eigenvalue weighted by molar-refractivity contribution is -0.146. The van der Waals surface area contributed by atoms with Crippen LogP contribution in [0.2, 0.25) is 0 Å². The van der Waals surface area contributed by atoms with Crippen molar-refractivity contribution >= 4 is 34.2 Å². The highest BCUT2D eigenvalue weighted by Gasteiger charge is 2.34. The van der Waals surface area contributed by atoms with Crippen LogP contribution in [0, 0.1) is 11.8 Å². The van der Waals surface area contributed by atoms with Crippen LogP contribution < -0.4 is 5.32 Å². The van der Waals surface area contributed by atoms with E-state index in [9.17, 15) is 19.5 Å². The Morgan fingerprint density at radius 2 is 1.82 bits per heavy atom. The molecular weight excluding hydrogens is 378 g/mol. The van der Waals surface area contributed by atoms with Gasteiger partial charge in [-0.15, -0.1) is 11.3 Å². The van der Waals surface area contributed by atoms with E-state index in [-0.39, 0.29) is 12.2 Å². The number of nitrogens with one attached hydrogen (secondary N) is 1. The van der Waals surface area contributed by atoms with Crippen LogP contribution in [0.5, 0.6) is 0 Å². The van der Waals surface area contributed by atoms with Crippen molar-refractivity contribution in [3.8, 4) is 10.4 Å². The molecule has 0 bridgehead atoms. The minimum absolute atomic E-state index is 0.219. The number of benzene rings is 1. The van der Waals surface area contributed by atoms with E-state index in [1.54, 1.807) is 19.1 Å². The number of carboxylic acid groups (broad SMARTS) is 1. The first-order valence-electron chi connectivity index (χ1n) is 9.06. The maximum Gasteiger partial charge on any atom is 0.341 e. The number of carbonyl (C=O) groups is 3. The van der Waals surface area contributed by atoms with Gasteiger partial charge in [-0.05, 0) is 31.4 Å². The van der Waals surface area contributed by atoms with Gasteiger partial charge in [0.1, 0.15) is 5.00 Å². The Kier molecular flexibility index (Phi) is 6.26. The topological polar surface area (TPSA) is 92.7 Å². The predicted octanol–water partition coefficient (Wildman–Crippen LogP) is 4.20. The lowest BCUT2D eigenvalue weighted by Crippen LogP contribution is -2.34. The molecule has 0 fully saturated rings. The lowest BCUT2D eigenvalue weighted by Gasteiger charge is -2.24. The molecule has 0 radical (unpaired) electrons. The van der Waals surface area contributed by atoms with Gasteiger partial charge in [-0.3, -0.25) is 9.59 Å². The van der Waals surface area contributed by atoms with Crippen LogP contribution in [0.1, 0.15) is 30.1 Å². The molecule has 6 nitrogen and oxygen atoms in total. The number of anilines is 1. The zero-order valence-electron chi connectivity index (χ0n) is 15.4. The van der Waals surface area contributed by atoms with Crippen molar-refractivity contribution in [2.24, 2.45) is 11.8 Å². The van der Waals surface area contributed by atoms with Crippen molar-refractivity contribution in [2.45, 2.75) is 19.8 Å². The molecule has 146 valence electrons. The van der Waals surface area contributed by atoms with Gasteiger partial charge >= 0.3 is 11.9 Å². The zero-order chi connectivity index (χ0) is 20.1. The maximum absolute atomic E-state index is 12.8. The molecule has 0 saturated heterocycles. The van der Waals surface area contributed by atoms with Crippen molar-refractivity contribution in [1.29, 1.82) is 0 Å². The third-order valence-electron chi connectivity index (χ3n) is 4.61. The Bertz CT molecular complexity index is 903. The van der Waals surface area contributed by atoms with Gasteiger partial charge in [-0.1, -0.05) is 42.5 Å². The number of esters is 1. The SMILES string of the molecule is CCOC(=O)c1cc(-c2ccccc2)sc1NC(=O)[C@H]1CC=CC[C@@H]1C(=O)O. The number of allylic oxidation sites excluding steroid dienone is 2. The lowest BCUT2D eigenvalue weighted by atomic mass is 9.82. The fraction of sp³-hybridized carbons (Fsp3) is 0.286. The van der Waals surface area contributed by atoms with Gasteiger partial charge in [0.15, 0.2) is 0 Å². The fourth-order valence-electron chi connectivity index (χ4n) is 3.17. The number of ether oxygens (including phenoxy) is 1. The van der Waals surface area contributed by atoms with Crippen LogP contribution in [-0.4, -0.2) is 29.6 Å². The van der Waals surface area contributed by atoms with Gasteiger partial charge in [0.2, 0.25) is 5.91 Å². The molecule has 0 spiro atoms. The minimum atomic E-state index is -0.994. The summed E-state index contributed by atoms with van der Waals surface area (Å²) in [6, 6.07) is 11.2. The molecule has 1 aromatic carbocycles. The Morgan fingerprint density at radius 3 is 2.46 bits per heavy atom. The number of rotatable bonds is 6. The van der Waals surface area contributed by atoms with Gasteiger partial charge in [0.05, 0.1) is 24.0 Å². The first kappa shape index (κ1) is 19.8. The van der Waals surface area contributed by atoms with E-state index >= 15 is 0 Å². The normalized spacial score (nSPS) is 18.5. The largest absolute Gasteiger partial charge is 0.481 e. The van der Waals surface area contributed by atoms with Crippen molar-refractivity contribution in [1.82, 2.24) is 0 Å². The van der Waals surface area contributed by atoms with E-state index in [0.717, 1.165) is 10.4 Å². The summed E-state index contributed by atoms with van der Waals surface area (Å²) < 4.78 is 5.12. The van der Waals surface area contributed by atoms with Gasteiger partial charge in [-0.2, -0.15) is 0 Å². The third-order valence-corrected chi connectivity index (χ3v) is 5.71. The number of carbonyl (C=O) groups excluding carboxylic acids is 2. The average molecular weight is 399 g/mol. The predicted molar refractivity (Wildman–Crippen MR) is 107 cm³/mol. The molecular formula is C21H21NO5S. The van der Waals surface area contributed by atoms with E-state index in [1.807, 2.05) is 36.4 Å². The molecule has 7 heteroatoms. The standard InChI is InChI=1S/C21H21NO5S/c1-2-27-21(26)16-12-17(13-8-4-3-5-9-13)28-19(16)22-18(23)14-10-6-7-11-15(14)20(24)25/h3-9,12,14-15H,2,10-11H2,1H3,(H,22,23)(H,24,25)/t14-,15-/m0/s1. The van der Waals surface area contributed by atoms with Crippen molar-refractivity contribution < 1.29 is 24.2 Å². The summed E-state index contributed by atoms with van der Waals surface area (Å²) >= 11 is 1.27. The molecule has 1 amide bonds. The van der Waals surface area contributed by atoms with E-state index < -0.39 is 29.7 Å². The van der Waals surface area contributed by atoms with E-state index in [4.69, 9.17) is 4.74 Å². The molecule has 1 aliphatic rings. The zero-order valence-corrected chi connectivity index (χ0v) is 16.2. The van der Waals surface area contributed by atoms with Crippen LogP contribution in [-0.2, 0) is 14.3 Å². The monoisotopic (exact) mass is 399 g/mol. The molecule has 1 heterocycles. The van der Waals surface area contributed by atoms with Crippen molar-refractivity contribution in [3.63, 3.8) is 0 Å². The first-order valence-corrected chi connectivity index (χ1v) is 9.88. The summed E-state index contributed by atoms with van der Waals surface area (Å²) in [4.78, 5) is 37.5. The summed E-state index contributed by atoms with van der Waals surface area (Å²) in [6.45, 7) is 1.93. The number of hydrogen-bond acceptors (Lipinski definition) is 5.